The van der Waals surface area contributed by atoms with E-state index in [1.165, 1.54) is 24.8 Å². The second-order valence-corrected chi connectivity index (χ2v) is 15.2. The van der Waals surface area contributed by atoms with E-state index in [0.29, 0.717) is 42.4 Å². The Kier molecular flexibility index (Phi) is 8.08. The van der Waals surface area contributed by atoms with Gasteiger partial charge in [-0.3, -0.25) is 4.79 Å². The third-order valence-corrected chi connectivity index (χ3v) is 12.5. The van der Waals surface area contributed by atoms with Gasteiger partial charge < -0.3 is 15.3 Å². The van der Waals surface area contributed by atoms with Gasteiger partial charge in [0.15, 0.2) is 0 Å². The largest absolute Gasteiger partial charge is 0.481 e. The molecule has 0 heterocycles. The standard InChI is InChI=1S/C32H49BrO4/c1-7-13-32(19-27(35)36)18-22(34)16-21-17-26(33)28-24-11-10-23(20(2)9-8-14-29(3,4)37)30(24,5)15-12-25(28)31(21,32)6/h13,17,20,22-26,28,34,37H,1,8-12,14-16,18-19H2,2-6H3,(H,35,36)/t20-,22-,23-,24+,25+,26?,28+,30-,31+,32?/m1/s1. The van der Waals surface area contributed by atoms with Crippen molar-refractivity contribution in [2.45, 2.75) is 115 Å². The zero-order valence-corrected chi connectivity index (χ0v) is 25.2. The number of carboxylic acid groups (broad SMARTS) is 1. The van der Waals surface area contributed by atoms with E-state index in [-0.39, 0.29) is 22.1 Å². The van der Waals surface area contributed by atoms with Crippen molar-refractivity contribution >= 4 is 21.9 Å². The fourth-order valence-corrected chi connectivity index (χ4v) is 11.0. The summed E-state index contributed by atoms with van der Waals surface area (Å²) in [6.45, 7) is 14.9. The van der Waals surface area contributed by atoms with E-state index in [9.17, 15) is 20.1 Å². The minimum absolute atomic E-state index is 0.000604. The van der Waals surface area contributed by atoms with E-state index >= 15 is 0 Å². The Morgan fingerprint density at radius 3 is 2.62 bits per heavy atom. The van der Waals surface area contributed by atoms with Gasteiger partial charge in [-0.25, -0.2) is 0 Å². The maximum absolute atomic E-state index is 12.2. The summed E-state index contributed by atoms with van der Waals surface area (Å²) in [5, 5.41) is 31.1. The molecule has 0 saturated heterocycles. The highest BCUT2D eigenvalue weighted by molar-refractivity contribution is 9.09. The molecule has 3 saturated carbocycles. The first-order valence-corrected chi connectivity index (χ1v) is 15.4. The lowest BCUT2D eigenvalue weighted by atomic mass is 9.40. The molecule has 37 heavy (non-hydrogen) atoms. The van der Waals surface area contributed by atoms with E-state index in [4.69, 9.17) is 0 Å². The number of hydrogen-bond donors (Lipinski definition) is 3. The smallest absolute Gasteiger partial charge is 0.304 e. The summed E-state index contributed by atoms with van der Waals surface area (Å²) in [4.78, 5) is 12.4. The summed E-state index contributed by atoms with van der Waals surface area (Å²) < 4.78 is 0. The van der Waals surface area contributed by atoms with Crippen molar-refractivity contribution in [2.75, 3.05) is 0 Å². The molecule has 3 fully saturated rings. The molecular formula is C32H49BrO4. The average Bonchev–Trinajstić information content (AvgIpc) is 3.11. The lowest BCUT2D eigenvalue weighted by Crippen LogP contribution is -2.60. The Morgan fingerprint density at radius 2 is 2.00 bits per heavy atom. The maximum Gasteiger partial charge on any atom is 0.304 e. The number of halogens is 1. The van der Waals surface area contributed by atoms with Crippen molar-refractivity contribution in [1.82, 2.24) is 0 Å². The number of rotatable bonds is 8. The molecule has 4 aliphatic rings. The van der Waals surface area contributed by atoms with Gasteiger partial charge in [0, 0.05) is 15.7 Å². The second kappa shape index (κ2) is 10.3. The van der Waals surface area contributed by atoms with Gasteiger partial charge in [-0.05, 0) is 99.9 Å². The van der Waals surface area contributed by atoms with Crippen LogP contribution < -0.4 is 0 Å². The maximum atomic E-state index is 12.2. The number of aliphatic hydroxyl groups excluding tert-OH is 1. The van der Waals surface area contributed by atoms with E-state index in [0.717, 1.165) is 25.7 Å². The highest BCUT2D eigenvalue weighted by Crippen LogP contribution is 2.71. The predicted molar refractivity (Wildman–Crippen MR) is 152 cm³/mol. The monoisotopic (exact) mass is 576 g/mol. The third kappa shape index (κ3) is 4.96. The molecule has 4 nitrogen and oxygen atoms in total. The summed E-state index contributed by atoms with van der Waals surface area (Å²) in [6.07, 6.45) is 12.6. The number of carbonyl (C=O) groups is 1. The minimum Gasteiger partial charge on any atom is -0.481 e. The quantitative estimate of drug-likeness (QED) is 0.161. The summed E-state index contributed by atoms with van der Waals surface area (Å²) >= 11 is 4.10. The molecule has 5 heteroatoms. The summed E-state index contributed by atoms with van der Waals surface area (Å²) in [5.74, 6) is 1.89. The van der Waals surface area contributed by atoms with Crippen LogP contribution in [0.4, 0.5) is 0 Å². The van der Waals surface area contributed by atoms with Crippen molar-refractivity contribution in [3.05, 3.63) is 30.0 Å². The Balaban J connectivity index is 1.67. The van der Waals surface area contributed by atoms with Gasteiger partial charge in [0.2, 0.25) is 0 Å². The van der Waals surface area contributed by atoms with Crippen LogP contribution in [-0.4, -0.2) is 37.8 Å². The molecular weight excluding hydrogens is 528 g/mol. The number of aliphatic hydroxyl groups is 2. The Labute approximate surface area is 232 Å². The van der Waals surface area contributed by atoms with Crippen LogP contribution in [0.3, 0.4) is 0 Å². The Hall–Kier alpha value is -0.870. The molecule has 4 aliphatic carbocycles. The second-order valence-electron chi connectivity index (χ2n) is 14.2. The Morgan fingerprint density at radius 1 is 1.30 bits per heavy atom. The van der Waals surface area contributed by atoms with E-state index in [1.54, 1.807) is 0 Å². The van der Waals surface area contributed by atoms with Crippen LogP contribution in [0.25, 0.3) is 0 Å². The van der Waals surface area contributed by atoms with Crippen molar-refractivity contribution < 1.29 is 20.1 Å². The zero-order valence-electron chi connectivity index (χ0n) is 23.6. The van der Waals surface area contributed by atoms with Crippen molar-refractivity contribution in [1.29, 1.82) is 0 Å². The lowest BCUT2D eigenvalue weighted by molar-refractivity contribution is -0.147. The van der Waals surface area contributed by atoms with E-state index < -0.39 is 23.1 Å². The van der Waals surface area contributed by atoms with Crippen LogP contribution in [0.1, 0.15) is 98.8 Å². The molecule has 0 aromatic heterocycles. The van der Waals surface area contributed by atoms with Crippen LogP contribution in [0, 0.1) is 45.8 Å². The molecule has 0 radical (unpaired) electrons. The normalized spacial score (nSPS) is 44.1. The number of alkyl halides is 1. The predicted octanol–water partition coefficient (Wildman–Crippen LogP) is 7.29. The molecule has 0 spiro atoms. The third-order valence-electron chi connectivity index (χ3n) is 11.6. The first kappa shape index (κ1) is 29.1. The van der Waals surface area contributed by atoms with Crippen LogP contribution >= 0.6 is 15.9 Å². The van der Waals surface area contributed by atoms with Crippen molar-refractivity contribution in [3.8, 4) is 0 Å². The van der Waals surface area contributed by atoms with Crippen molar-refractivity contribution in [3.63, 3.8) is 0 Å². The lowest BCUT2D eigenvalue weighted by Gasteiger charge is -2.64. The molecule has 0 aromatic rings. The number of allylic oxidation sites excluding steroid dienone is 2. The molecule has 0 bridgehead atoms. The van der Waals surface area contributed by atoms with E-state index in [1.807, 2.05) is 19.9 Å². The topological polar surface area (TPSA) is 77.8 Å². The van der Waals surface area contributed by atoms with Gasteiger partial charge in [-0.2, -0.15) is 0 Å². The summed E-state index contributed by atoms with van der Waals surface area (Å²) in [7, 11) is 0. The number of hydrogen-bond acceptors (Lipinski definition) is 3. The van der Waals surface area contributed by atoms with Crippen LogP contribution in [0.2, 0.25) is 0 Å². The van der Waals surface area contributed by atoms with Crippen molar-refractivity contribution in [2.24, 2.45) is 45.8 Å². The van der Waals surface area contributed by atoms with E-state index in [2.05, 4.69) is 55.1 Å². The summed E-state index contributed by atoms with van der Waals surface area (Å²) in [6, 6.07) is 0. The number of carboxylic acids is 1. The SMILES string of the molecule is C=C=CC1(CC(=O)O)C[C@H](O)CC2=CC(Br)[C@H]3[C@@H]4CC[C@H]([C@H](C)CCCC(C)(C)O)[C@@]4(C)CC[C@@H]3[C@]21C. The number of fused-ring (bicyclic) bond motifs is 5. The zero-order chi connectivity index (χ0) is 27.4. The first-order valence-electron chi connectivity index (χ1n) is 14.5. The van der Waals surface area contributed by atoms with Gasteiger partial charge >= 0.3 is 5.97 Å². The fraction of sp³-hybridized carbons (Fsp3) is 0.812. The first-order chi connectivity index (χ1) is 17.2. The fourth-order valence-electron chi connectivity index (χ4n) is 9.97. The van der Waals surface area contributed by atoms with Crippen LogP contribution in [0.5, 0.6) is 0 Å². The minimum atomic E-state index is -0.819. The highest BCUT2D eigenvalue weighted by atomic mass is 79.9. The molecule has 208 valence electrons. The summed E-state index contributed by atoms with van der Waals surface area (Å²) in [5.41, 5.74) is 2.86. The number of aliphatic carboxylic acids is 1. The van der Waals surface area contributed by atoms with Crippen LogP contribution in [0.15, 0.2) is 30.0 Å². The van der Waals surface area contributed by atoms with Crippen LogP contribution in [-0.2, 0) is 4.79 Å². The van der Waals surface area contributed by atoms with Gasteiger partial charge in [0.1, 0.15) is 0 Å². The van der Waals surface area contributed by atoms with Gasteiger partial charge in [0.05, 0.1) is 18.1 Å². The molecule has 4 rings (SSSR count). The molecule has 2 unspecified atom stereocenters. The molecule has 3 N–H and O–H groups in total. The van der Waals surface area contributed by atoms with Gasteiger partial charge in [-0.1, -0.05) is 67.8 Å². The molecule has 10 atom stereocenters. The molecule has 0 aliphatic heterocycles. The van der Waals surface area contributed by atoms with Gasteiger partial charge in [-0.15, -0.1) is 5.73 Å². The molecule has 0 amide bonds. The molecule has 0 aromatic carbocycles. The average molecular weight is 578 g/mol. The Bertz CT molecular complexity index is 960. The van der Waals surface area contributed by atoms with Gasteiger partial charge in [0.25, 0.3) is 0 Å². The highest BCUT2D eigenvalue weighted by Gasteiger charge is 2.66.